The third kappa shape index (κ3) is 22.0. The molecule has 0 aliphatic rings. The summed E-state index contributed by atoms with van der Waals surface area (Å²) in [6, 6.07) is 28.5. The maximum absolute atomic E-state index is 13.7. The first-order valence-corrected chi connectivity index (χ1v) is 28.4. The fourth-order valence-corrected chi connectivity index (χ4v) is 9.94. The van der Waals surface area contributed by atoms with Crippen molar-refractivity contribution in [2.75, 3.05) is 26.2 Å². The minimum absolute atomic E-state index is 0.00718. The van der Waals surface area contributed by atoms with Gasteiger partial charge in [-0.15, -0.1) is 0 Å². The fraction of sp³-hybridized carbons (Fsp3) is 0.473. The highest BCUT2D eigenvalue weighted by molar-refractivity contribution is 14.1. The number of carbonyl (C=O) groups excluding carboxylic acids is 3. The number of rotatable bonds is 20. The topological polar surface area (TPSA) is 250 Å². The average molecular weight is 1200 g/mol. The first kappa shape index (κ1) is 63.2. The van der Waals surface area contributed by atoms with Gasteiger partial charge in [-0.3, -0.25) is 10.2 Å². The van der Waals surface area contributed by atoms with Gasteiger partial charge < -0.3 is 39.8 Å². The average Bonchev–Trinajstić information content (AvgIpc) is 3.90. The second kappa shape index (κ2) is 29.4. The van der Waals surface area contributed by atoms with Crippen LogP contribution >= 0.6 is 34.6 Å². The van der Waals surface area contributed by atoms with Gasteiger partial charge in [-0.25, -0.2) is 22.8 Å². The van der Waals surface area contributed by atoms with Gasteiger partial charge in [-0.2, -0.15) is 14.5 Å². The summed E-state index contributed by atoms with van der Waals surface area (Å²) in [5.41, 5.74) is 4.03. The third-order valence-corrected chi connectivity index (χ3v) is 14.1. The van der Waals surface area contributed by atoms with Gasteiger partial charge >= 0.3 is 16.2 Å². The van der Waals surface area contributed by atoms with E-state index in [9.17, 15) is 33.0 Å². The van der Waals surface area contributed by atoms with E-state index in [1.54, 1.807) is 55.5 Å². The Bertz CT molecular complexity index is 2870. The normalized spacial score (nSPS) is 13.5. The smallest absolute Gasteiger partial charge is 0.407 e. The first-order chi connectivity index (χ1) is 35.6. The van der Waals surface area contributed by atoms with E-state index in [0.717, 1.165) is 62.3 Å². The number of sulfonamides is 1. The number of hydrogen-bond donors (Lipinski definition) is 7. The quantitative estimate of drug-likeness (QED) is 0.0213. The molecule has 0 unspecified atom stereocenters. The van der Waals surface area contributed by atoms with Gasteiger partial charge in [-0.05, 0) is 134 Å². The van der Waals surface area contributed by atoms with Gasteiger partial charge in [0, 0.05) is 46.7 Å². The van der Waals surface area contributed by atoms with Crippen molar-refractivity contribution < 1.29 is 46.7 Å². The molecule has 0 radical (unpaired) electrons. The van der Waals surface area contributed by atoms with Gasteiger partial charge in [0.1, 0.15) is 11.2 Å². The number of alkyl carbamates (subject to hydrolysis) is 2. The van der Waals surface area contributed by atoms with Crippen LogP contribution in [0.3, 0.4) is 0 Å². The minimum atomic E-state index is -3.95. The number of hydrogen-bond acceptors (Lipinski definition) is 14. The van der Waals surface area contributed by atoms with Gasteiger partial charge in [-0.1, -0.05) is 88.4 Å². The Morgan fingerprint density at radius 1 is 0.671 bits per heavy atom. The van der Waals surface area contributed by atoms with E-state index >= 15 is 0 Å². The predicted octanol–water partition coefficient (Wildman–Crippen LogP) is 10.2. The summed E-state index contributed by atoms with van der Waals surface area (Å²) in [4.78, 5) is 36.3. The highest BCUT2D eigenvalue weighted by atomic mass is 127. The fourth-order valence-electron chi connectivity index (χ4n) is 7.57. The number of nitrogens with zero attached hydrogens (tertiary/aromatic N) is 3. The molecule has 0 aliphatic carbocycles. The number of aryl methyl sites for hydroxylation is 2. The van der Waals surface area contributed by atoms with E-state index in [0.29, 0.717) is 30.8 Å². The number of fused-ring (bicyclic) bond motifs is 2. The molecule has 0 saturated carbocycles. The van der Waals surface area contributed by atoms with Crippen molar-refractivity contribution in [2.24, 2.45) is 11.8 Å². The summed E-state index contributed by atoms with van der Waals surface area (Å²) in [5.74, 6) is 0.511. The van der Waals surface area contributed by atoms with Crippen molar-refractivity contribution in [2.45, 2.75) is 141 Å². The van der Waals surface area contributed by atoms with Crippen molar-refractivity contribution in [1.29, 1.82) is 0 Å². The Labute approximate surface area is 466 Å². The van der Waals surface area contributed by atoms with Gasteiger partial charge in [0.25, 0.3) is 0 Å². The molecule has 18 nitrogen and oxygen atoms in total. The van der Waals surface area contributed by atoms with E-state index < -0.39 is 57.7 Å². The largest absolute Gasteiger partial charge is 0.444 e. The van der Waals surface area contributed by atoms with Gasteiger partial charge in [0.15, 0.2) is 0 Å². The molecule has 6 rings (SSSR count). The molecule has 0 bridgehead atoms. The minimum Gasteiger partial charge on any atom is -0.444 e. The zero-order valence-electron chi connectivity index (χ0n) is 45.6. The number of H-pyrrole nitrogens is 2. The Morgan fingerprint density at radius 2 is 1.14 bits per heavy atom. The lowest BCUT2D eigenvalue weighted by Gasteiger charge is -2.31. The molecule has 0 saturated heterocycles. The summed E-state index contributed by atoms with van der Waals surface area (Å²) in [5, 5.41) is 46.4. The number of aromatic nitrogens is 4. The number of carbonyl (C=O) groups is 3. The van der Waals surface area contributed by atoms with Gasteiger partial charge in [0.05, 0.1) is 74.9 Å². The molecule has 2 heterocycles. The van der Waals surface area contributed by atoms with Crippen LogP contribution in [0.2, 0.25) is 0 Å². The van der Waals surface area contributed by atoms with Crippen LogP contribution in [0.4, 0.5) is 14.4 Å². The number of halogens is 1. The van der Waals surface area contributed by atoms with Crippen LogP contribution in [0.25, 0.3) is 21.8 Å². The summed E-state index contributed by atoms with van der Waals surface area (Å²) < 4.78 is 44.0. The van der Waals surface area contributed by atoms with Crippen molar-refractivity contribution in [3.63, 3.8) is 0 Å². The first-order valence-electron chi connectivity index (χ1n) is 25.2. The molecule has 2 aromatic heterocycles. The van der Waals surface area contributed by atoms with E-state index in [1.807, 2.05) is 127 Å². The maximum atomic E-state index is 13.7. The van der Waals surface area contributed by atoms with Crippen LogP contribution in [-0.2, 0) is 36.5 Å². The monoisotopic (exact) mass is 1200 g/mol. The van der Waals surface area contributed by atoms with Crippen molar-refractivity contribution >= 4 is 82.6 Å². The summed E-state index contributed by atoms with van der Waals surface area (Å²) in [7, 11) is -3.95. The molecule has 416 valence electrons. The van der Waals surface area contributed by atoms with E-state index in [4.69, 9.17) is 13.7 Å². The molecule has 2 amide bonds. The summed E-state index contributed by atoms with van der Waals surface area (Å²) in [6.45, 7) is 23.8. The number of aromatic amines is 2. The molecule has 4 atom stereocenters. The van der Waals surface area contributed by atoms with Crippen LogP contribution in [0.1, 0.15) is 91.8 Å². The van der Waals surface area contributed by atoms with E-state index in [2.05, 4.69) is 50.2 Å². The summed E-state index contributed by atoms with van der Waals surface area (Å²) in [6.07, 6.45) is -2.23. The number of ether oxygens (including phenoxy) is 2. The van der Waals surface area contributed by atoms with Crippen molar-refractivity contribution in [1.82, 2.24) is 40.7 Å². The SMILES string of the molecule is CC(C)CNC[C@@H](O)[C@H](Cc1ccccc1)NC(=O)OC(C)(C)C.Cc1[nH]nc2ccc(S(=O)(=O)N(CC(C)C)C[C@@H](O)[C@H](Cc3ccccc3)NC(=O)OC(C)(C)C)cc12.Cc1[nH]nc2ccc(SOC(=O)I)cc12. The molecule has 21 heteroatoms. The molecule has 6 aromatic rings. The van der Waals surface area contributed by atoms with E-state index in [1.165, 1.54) is 10.4 Å². The van der Waals surface area contributed by atoms with Crippen LogP contribution in [0, 0.1) is 25.7 Å². The zero-order chi connectivity index (χ0) is 56.4. The molecule has 0 spiro atoms. The number of aliphatic hydroxyl groups excluding tert-OH is 2. The molecular weight excluding hydrogens is 1120 g/mol. The lowest BCUT2D eigenvalue weighted by Crippen LogP contribution is -2.51. The van der Waals surface area contributed by atoms with Crippen molar-refractivity contribution in [3.05, 3.63) is 120 Å². The molecule has 7 N–H and O–H groups in total. The maximum Gasteiger partial charge on any atom is 0.407 e. The van der Waals surface area contributed by atoms with Crippen LogP contribution in [-0.4, -0.2) is 121 Å². The Balaban J connectivity index is 0.000000272. The van der Waals surface area contributed by atoms with Crippen LogP contribution < -0.4 is 16.0 Å². The van der Waals surface area contributed by atoms with E-state index in [-0.39, 0.29) is 27.9 Å². The second-order valence-corrected chi connectivity index (χ2v) is 24.9. The highest BCUT2D eigenvalue weighted by Gasteiger charge is 2.33. The molecule has 0 fully saturated rings. The Kier molecular flexibility index (Phi) is 24.5. The van der Waals surface area contributed by atoms with Crippen LogP contribution in [0.15, 0.2) is 107 Å². The lowest BCUT2D eigenvalue weighted by atomic mass is 10.0. The highest BCUT2D eigenvalue weighted by Crippen LogP contribution is 2.27. The molecular formula is C55H77IN8O10S2. The predicted molar refractivity (Wildman–Crippen MR) is 308 cm³/mol. The summed E-state index contributed by atoms with van der Waals surface area (Å²) >= 11 is 2.65. The number of nitrogens with one attached hydrogen (secondary N) is 5. The lowest BCUT2D eigenvalue weighted by molar-refractivity contribution is 0.0397. The number of aliphatic hydroxyl groups is 2. The zero-order valence-corrected chi connectivity index (χ0v) is 49.4. The Hall–Kier alpha value is -5.30. The molecule has 0 aliphatic heterocycles. The second-order valence-electron chi connectivity index (χ2n) is 21.2. The van der Waals surface area contributed by atoms with Crippen molar-refractivity contribution in [3.8, 4) is 0 Å². The third-order valence-electron chi connectivity index (χ3n) is 11.1. The van der Waals surface area contributed by atoms with Crippen LogP contribution in [0.5, 0.6) is 0 Å². The molecule has 4 aromatic carbocycles. The molecule has 76 heavy (non-hydrogen) atoms. The van der Waals surface area contributed by atoms with Gasteiger partial charge in [0.2, 0.25) is 10.0 Å². The number of amides is 2. The number of benzene rings is 4. The standard InChI is InChI=1S/C27H38N4O5S.C19H32N2O3.C9H7IN2O2S/c1-18(2)16-31(37(34,35)21-12-13-23-22(15-21)19(3)29-30-23)17-25(32)24(14-20-10-8-7-9-11-20)28-26(33)36-27(4,5)6;1-14(2)12-20-13-17(22)16(11-15-9-7-6-8-10-15)21-18(23)24-19(3,4)5;1-5-7-4-6(15-14-9(10)13)2-3-8(7)12-11-5/h7-13,15,18,24-25,32H,14,16-17H2,1-6H3,(H,28,33)(H,29,30);6-10,14,16-17,20,22H,11-13H2,1-5H3,(H,21,23);2-4H,1H3,(H,11,12)/t24-,25+;16-,17+;/m00./s1. The Morgan fingerprint density at radius 3 is 1.61 bits per heavy atom.